The number of halogens is 5. The molecule has 0 atom stereocenters. The first-order chi connectivity index (χ1) is 8.88. The maximum Gasteiger partial charge on any atom is 0.224 e. The summed E-state index contributed by atoms with van der Waals surface area (Å²) in [5.41, 5.74) is -0.563. The number of anilines is 2. The molecule has 1 N–H and O–H groups in total. The molecule has 0 amide bonds. The summed E-state index contributed by atoms with van der Waals surface area (Å²) in [6.45, 7) is 1.57. The van der Waals surface area contributed by atoms with Crippen LogP contribution in [-0.2, 0) is 0 Å². The highest BCUT2D eigenvalue weighted by atomic mass is 35.5. The van der Waals surface area contributed by atoms with Crippen LogP contribution < -0.4 is 5.32 Å². The maximum absolute atomic E-state index is 13.4. The third-order valence-corrected chi connectivity index (χ3v) is 2.36. The van der Waals surface area contributed by atoms with Crippen molar-refractivity contribution in [2.24, 2.45) is 0 Å². The van der Waals surface area contributed by atoms with E-state index in [1.807, 2.05) is 0 Å². The number of hydrogen-bond acceptors (Lipinski definition) is 3. The molecular weight excluding hydrogens is 286 g/mol. The van der Waals surface area contributed by atoms with Gasteiger partial charge in [-0.05, 0) is 18.5 Å². The average molecular weight is 292 g/mol. The quantitative estimate of drug-likeness (QED) is 0.520. The summed E-state index contributed by atoms with van der Waals surface area (Å²) in [5, 5.41) is 1.97. The fourth-order valence-corrected chi connectivity index (χ4v) is 1.63. The fraction of sp³-hybridized carbons (Fsp3) is 0.0909. The van der Waals surface area contributed by atoms with Crippen molar-refractivity contribution in [1.82, 2.24) is 9.97 Å². The van der Waals surface area contributed by atoms with E-state index in [-0.39, 0.29) is 17.2 Å². The van der Waals surface area contributed by atoms with E-state index < -0.39 is 29.0 Å². The molecule has 1 heterocycles. The van der Waals surface area contributed by atoms with Gasteiger partial charge in [-0.25, -0.2) is 27.5 Å². The van der Waals surface area contributed by atoms with Gasteiger partial charge < -0.3 is 5.32 Å². The monoisotopic (exact) mass is 291 g/mol. The number of aryl methyl sites for hydroxylation is 1. The van der Waals surface area contributed by atoms with Crippen molar-refractivity contribution in [3.05, 3.63) is 46.4 Å². The van der Waals surface area contributed by atoms with Crippen LogP contribution in [0.3, 0.4) is 0 Å². The van der Waals surface area contributed by atoms with Gasteiger partial charge in [0.1, 0.15) is 11.5 Å². The van der Waals surface area contributed by atoms with E-state index in [0.717, 1.165) is 0 Å². The zero-order chi connectivity index (χ0) is 14.2. The third kappa shape index (κ3) is 2.76. The molecule has 2 rings (SSSR count). The van der Waals surface area contributed by atoms with Crippen molar-refractivity contribution in [3.8, 4) is 0 Å². The number of aromatic nitrogens is 2. The van der Waals surface area contributed by atoms with E-state index >= 15 is 0 Å². The SMILES string of the molecule is Cc1cc(Nc2c(F)c(F)cc(F)c2F)nc(Cl)n1. The largest absolute Gasteiger partial charge is 0.335 e. The highest BCUT2D eigenvalue weighted by Crippen LogP contribution is 2.27. The lowest BCUT2D eigenvalue weighted by Crippen LogP contribution is -2.05. The molecule has 0 saturated carbocycles. The molecule has 0 aliphatic rings. The van der Waals surface area contributed by atoms with Crippen molar-refractivity contribution < 1.29 is 17.6 Å². The molecule has 1 aromatic carbocycles. The first-order valence-electron chi connectivity index (χ1n) is 4.99. The summed E-state index contributed by atoms with van der Waals surface area (Å²) in [4.78, 5) is 7.37. The van der Waals surface area contributed by atoms with Crippen LogP contribution in [0.1, 0.15) is 5.69 Å². The molecule has 0 aliphatic heterocycles. The lowest BCUT2D eigenvalue weighted by molar-refractivity contribution is 0.459. The van der Waals surface area contributed by atoms with E-state index in [0.29, 0.717) is 5.69 Å². The van der Waals surface area contributed by atoms with Gasteiger partial charge in [0.25, 0.3) is 0 Å². The lowest BCUT2D eigenvalue weighted by Gasteiger charge is -2.09. The van der Waals surface area contributed by atoms with Crippen molar-refractivity contribution in [2.45, 2.75) is 6.92 Å². The Kier molecular flexibility index (Phi) is 3.57. The maximum atomic E-state index is 13.4. The van der Waals surface area contributed by atoms with Crippen LogP contribution in [0.2, 0.25) is 5.28 Å². The van der Waals surface area contributed by atoms with Crippen LogP contribution in [0.25, 0.3) is 0 Å². The minimum Gasteiger partial charge on any atom is -0.335 e. The van der Waals surface area contributed by atoms with E-state index in [2.05, 4.69) is 15.3 Å². The van der Waals surface area contributed by atoms with E-state index in [4.69, 9.17) is 11.6 Å². The van der Waals surface area contributed by atoms with Crippen LogP contribution in [-0.4, -0.2) is 9.97 Å². The molecule has 1 aromatic heterocycles. The molecule has 3 nitrogen and oxygen atoms in total. The van der Waals surface area contributed by atoms with Crippen molar-refractivity contribution in [3.63, 3.8) is 0 Å². The van der Waals surface area contributed by atoms with Gasteiger partial charge >= 0.3 is 0 Å². The second kappa shape index (κ2) is 5.00. The van der Waals surface area contributed by atoms with Crippen molar-refractivity contribution in [1.29, 1.82) is 0 Å². The normalized spacial score (nSPS) is 10.6. The topological polar surface area (TPSA) is 37.8 Å². The highest BCUT2D eigenvalue weighted by Gasteiger charge is 2.19. The van der Waals surface area contributed by atoms with E-state index in [1.165, 1.54) is 6.07 Å². The second-order valence-electron chi connectivity index (χ2n) is 3.63. The number of hydrogen-bond donors (Lipinski definition) is 1. The van der Waals surface area contributed by atoms with Crippen LogP contribution in [0.15, 0.2) is 12.1 Å². The van der Waals surface area contributed by atoms with Gasteiger partial charge in [0.2, 0.25) is 5.28 Å². The van der Waals surface area contributed by atoms with Gasteiger partial charge in [-0.3, -0.25) is 0 Å². The molecule has 8 heteroatoms. The Balaban J connectivity index is 2.49. The van der Waals surface area contributed by atoms with Gasteiger partial charge in [-0.1, -0.05) is 0 Å². The van der Waals surface area contributed by atoms with Crippen LogP contribution in [0.4, 0.5) is 29.1 Å². The zero-order valence-electron chi connectivity index (χ0n) is 9.44. The molecule has 0 spiro atoms. The Morgan fingerprint density at radius 1 is 1.00 bits per heavy atom. The molecule has 0 unspecified atom stereocenters. The third-order valence-electron chi connectivity index (χ3n) is 2.19. The molecule has 0 bridgehead atoms. The standard InChI is InChI=1S/C11H6ClF4N3/c1-4-2-7(19-11(12)17-4)18-10-8(15)5(13)3-6(14)9(10)16/h2-3H,1H3,(H,17,18,19). The van der Waals surface area contributed by atoms with Crippen LogP contribution in [0.5, 0.6) is 0 Å². The molecule has 0 aliphatic carbocycles. The predicted molar refractivity (Wildman–Crippen MR) is 61.3 cm³/mol. The minimum absolute atomic E-state index is 0.0831. The zero-order valence-corrected chi connectivity index (χ0v) is 10.2. The molecular formula is C11H6ClF4N3. The van der Waals surface area contributed by atoms with Crippen molar-refractivity contribution >= 4 is 23.1 Å². The molecule has 0 radical (unpaired) electrons. The average Bonchev–Trinajstić information content (AvgIpc) is 2.31. The first kappa shape index (κ1) is 13.5. The number of rotatable bonds is 2. The Morgan fingerprint density at radius 3 is 2.11 bits per heavy atom. The summed E-state index contributed by atoms with van der Waals surface area (Å²) in [6, 6.07) is 1.43. The van der Waals surface area contributed by atoms with Gasteiger partial charge in [0.05, 0.1) is 0 Å². The van der Waals surface area contributed by atoms with Gasteiger partial charge in [-0.15, -0.1) is 0 Å². The molecule has 19 heavy (non-hydrogen) atoms. The van der Waals surface area contributed by atoms with Crippen LogP contribution >= 0.6 is 11.6 Å². The Labute approximate surface area is 110 Å². The summed E-state index contributed by atoms with van der Waals surface area (Å²) in [5.74, 6) is -6.21. The van der Waals surface area contributed by atoms with E-state index in [1.54, 1.807) is 6.92 Å². The van der Waals surface area contributed by atoms with E-state index in [9.17, 15) is 17.6 Å². The summed E-state index contributed by atoms with van der Waals surface area (Å²) in [6.07, 6.45) is 0. The Hall–Kier alpha value is -1.89. The number of benzene rings is 1. The first-order valence-corrected chi connectivity index (χ1v) is 5.37. The second-order valence-corrected chi connectivity index (χ2v) is 3.97. The smallest absolute Gasteiger partial charge is 0.224 e. The minimum atomic E-state index is -1.55. The molecule has 0 saturated heterocycles. The molecule has 0 fully saturated rings. The Morgan fingerprint density at radius 2 is 1.58 bits per heavy atom. The van der Waals surface area contributed by atoms with Gasteiger partial charge in [0, 0.05) is 17.8 Å². The molecule has 100 valence electrons. The number of nitrogens with one attached hydrogen (secondary N) is 1. The summed E-state index contributed by atoms with van der Waals surface area (Å²) < 4.78 is 52.8. The predicted octanol–water partition coefficient (Wildman–Crippen LogP) is 3.74. The highest BCUT2D eigenvalue weighted by molar-refractivity contribution is 6.28. The van der Waals surface area contributed by atoms with Crippen LogP contribution in [0, 0.1) is 30.2 Å². The Bertz CT molecular complexity index is 602. The van der Waals surface area contributed by atoms with Gasteiger partial charge in [-0.2, -0.15) is 0 Å². The lowest BCUT2D eigenvalue weighted by atomic mass is 10.2. The van der Waals surface area contributed by atoms with Gasteiger partial charge in [0.15, 0.2) is 23.3 Å². The fourth-order valence-electron chi connectivity index (χ4n) is 1.41. The summed E-state index contributed by atoms with van der Waals surface area (Å²) in [7, 11) is 0. The summed E-state index contributed by atoms with van der Waals surface area (Å²) >= 11 is 5.56. The number of nitrogens with zero attached hydrogens (tertiary/aromatic N) is 2. The van der Waals surface area contributed by atoms with Crippen molar-refractivity contribution in [2.75, 3.05) is 5.32 Å². The molecule has 2 aromatic rings.